The second-order valence-corrected chi connectivity index (χ2v) is 0.525. The Morgan fingerprint density at radius 3 is 1.20 bits per heavy atom. The molecule has 0 saturated heterocycles. The summed E-state index contributed by atoms with van der Waals surface area (Å²) in [5.74, 6) is 0. The van der Waals surface area contributed by atoms with Crippen LogP contribution in [0.2, 0.25) is 0 Å². The fraction of sp³-hybridized carbons (Fsp3) is 0. The molecule has 0 bridgehead atoms. The Hall–Kier alpha value is 1.12. The maximum absolute atomic E-state index is 4.26. The summed E-state index contributed by atoms with van der Waals surface area (Å²) in [5.41, 5.74) is 0. The fourth-order valence-electron chi connectivity index (χ4n) is 0. The molecule has 0 aromatic rings. The molecule has 2 nitrogen and oxygen atoms in total. The Balaban J connectivity index is -0.0000000200. The number of rotatable bonds is 0. The molecule has 0 radical (unpaired) electrons. The first kappa shape index (κ1) is 16.5. The number of halogens is 2. The molecular weight excluding hydrogens is 202 g/mol. The molecule has 0 aliphatic carbocycles. The molecule has 0 amide bonds. The van der Waals surface area contributed by atoms with Gasteiger partial charge >= 0.3 is 0 Å². The topological polar surface area (TPSA) is 44.2 Å². The zero-order chi connectivity index (χ0) is 2.71. The minimum absolute atomic E-state index is 0. The standard InChI is InChI=1S/Cl2O.H3N.Ru/c1-3-2;;/h;1H3;. The van der Waals surface area contributed by atoms with Gasteiger partial charge in [-0.2, -0.15) is 3.84 Å². The van der Waals surface area contributed by atoms with Crippen LogP contribution in [0.1, 0.15) is 0 Å². The minimum Gasteiger partial charge on any atom is -0.344 e. The molecule has 0 aliphatic heterocycles. The molecule has 3 N–H and O–H groups in total. The van der Waals surface area contributed by atoms with Crippen LogP contribution < -0.4 is 6.15 Å². The minimum atomic E-state index is 0. The van der Waals surface area contributed by atoms with Gasteiger partial charge in [0, 0.05) is 19.5 Å². The van der Waals surface area contributed by atoms with Gasteiger partial charge in [-0.1, -0.05) is 0 Å². The second-order valence-electron chi connectivity index (χ2n) is 0.0583. The van der Waals surface area contributed by atoms with Crippen molar-refractivity contribution in [3.8, 4) is 0 Å². The van der Waals surface area contributed by atoms with Crippen LogP contribution in [0, 0.1) is 0 Å². The van der Waals surface area contributed by atoms with Gasteiger partial charge in [-0.25, -0.2) is 0 Å². The first-order valence-electron chi connectivity index (χ1n) is 0.309. The van der Waals surface area contributed by atoms with Crippen molar-refractivity contribution in [1.82, 2.24) is 6.15 Å². The number of hydrogen-bond acceptors (Lipinski definition) is 2. The van der Waals surface area contributed by atoms with Crippen LogP contribution in [-0.4, -0.2) is 0 Å². The largest absolute Gasteiger partial charge is 0.344 e. The monoisotopic (exact) mass is 205 g/mol. The van der Waals surface area contributed by atoms with Crippen molar-refractivity contribution in [2.75, 3.05) is 0 Å². The van der Waals surface area contributed by atoms with Gasteiger partial charge in [-0.05, 0) is 0 Å². The SMILES string of the molecule is ClOCl.N.[Ru]. The van der Waals surface area contributed by atoms with E-state index in [0.29, 0.717) is 0 Å². The van der Waals surface area contributed by atoms with Gasteiger partial charge in [0.15, 0.2) is 0 Å². The zero-order valence-corrected chi connectivity index (χ0v) is 5.47. The molecule has 0 saturated carbocycles. The Bertz CT molecular complexity index is 9.61. The van der Waals surface area contributed by atoms with Crippen LogP contribution >= 0.6 is 23.7 Å². The first-order chi connectivity index (χ1) is 1.41. The summed E-state index contributed by atoms with van der Waals surface area (Å²) < 4.78 is 3.19. The van der Waals surface area contributed by atoms with E-state index >= 15 is 0 Å². The van der Waals surface area contributed by atoms with Crippen LogP contribution in [0.15, 0.2) is 0 Å². The fourth-order valence-corrected chi connectivity index (χ4v) is 0. The second kappa shape index (κ2) is 19.3. The summed E-state index contributed by atoms with van der Waals surface area (Å²) >= 11 is 8.53. The average Bonchev–Trinajstić information content (AvgIpc) is 0.918. The molecule has 0 heterocycles. The van der Waals surface area contributed by atoms with Crippen LogP contribution in [0.4, 0.5) is 0 Å². The quantitative estimate of drug-likeness (QED) is 0.608. The van der Waals surface area contributed by atoms with Crippen molar-refractivity contribution in [2.24, 2.45) is 0 Å². The van der Waals surface area contributed by atoms with Gasteiger partial charge in [0.1, 0.15) is 0 Å². The molecule has 0 spiro atoms. The van der Waals surface area contributed by atoms with E-state index in [9.17, 15) is 0 Å². The summed E-state index contributed by atoms with van der Waals surface area (Å²) in [6.45, 7) is 0. The van der Waals surface area contributed by atoms with E-state index in [-0.39, 0.29) is 25.6 Å². The molecule has 0 aliphatic rings. The van der Waals surface area contributed by atoms with E-state index in [1.807, 2.05) is 0 Å². The van der Waals surface area contributed by atoms with Gasteiger partial charge in [0.2, 0.25) is 0 Å². The third-order valence-corrected chi connectivity index (χ3v) is 0. The molecule has 0 atom stereocenters. The van der Waals surface area contributed by atoms with Crippen molar-refractivity contribution >= 4 is 23.7 Å². The van der Waals surface area contributed by atoms with Gasteiger partial charge in [0.05, 0.1) is 23.7 Å². The van der Waals surface area contributed by atoms with Crippen LogP contribution in [0.5, 0.6) is 0 Å². The summed E-state index contributed by atoms with van der Waals surface area (Å²) in [7, 11) is 0. The molecule has 0 rings (SSSR count). The first-order valence-corrected chi connectivity index (χ1v) is 0.926. The third kappa shape index (κ3) is 39.6. The molecule has 0 unspecified atom stereocenters. The zero-order valence-electron chi connectivity index (χ0n) is 2.22. The average molecular weight is 205 g/mol. The van der Waals surface area contributed by atoms with E-state index in [1.54, 1.807) is 0 Å². The summed E-state index contributed by atoms with van der Waals surface area (Å²) in [5, 5.41) is 0. The Morgan fingerprint density at radius 1 is 1.20 bits per heavy atom. The Labute approximate surface area is 53.5 Å². The van der Waals surface area contributed by atoms with Crippen LogP contribution in [-0.2, 0) is 23.3 Å². The Morgan fingerprint density at radius 2 is 1.20 bits per heavy atom. The molecule has 0 aromatic carbocycles. The van der Waals surface area contributed by atoms with Gasteiger partial charge < -0.3 is 6.15 Å². The van der Waals surface area contributed by atoms with E-state index in [1.165, 1.54) is 0 Å². The predicted octanol–water partition coefficient (Wildman–Crippen LogP) is 1.47. The third-order valence-electron chi connectivity index (χ3n) is 0. The normalized spacial score (nSPS) is 3.60. The maximum Gasteiger partial charge on any atom is 0.0832 e. The van der Waals surface area contributed by atoms with Crippen molar-refractivity contribution in [3.63, 3.8) is 0 Å². The summed E-state index contributed by atoms with van der Waals surface area (Å²) in [4.78, 5) is 0. The van der Waals surface area contributed by atoms with Gasteiger partial charge in [-0.15, -0.1) is 0 Å². The van der Waals surface area contributed by atoms with E-state index in [2.05, 4.69) is 27.6 Å². The smallest absolute Gasteiger partial charge is 0.0832 e. The molecule has 5 heteroatoms. The summed E-state index contributed by atoms with van der Waals surface area (Å²) in [6, 6.07) is 0. The van der Waals surface area contributed by atoms with Crippen LogP contribution in [0.25, 0.3) is 0 Å². The van der Waals surface area contributed by atoms with Gasteiger partial charge in [0.25, 0.3) is 0 Å². The van der Waals surface area contributed by atoms with E-state index < -0.39 is 0 Å². The van der Waals surface area contributed by atoms with E-state index in [4.69, 9.17) is 0 Å². The molecule has 5 heavy (non-hydrogen) atoms. The predicted molar refractivity (Wildman–Crippen MR) is 17.8 cm³/mol. The molecule has 36 valence electrons. The Kier molecular flexibility index (Phi) is 63.7. The van der Waals surface area contributed by atoms with Crippen LogP contribution in [0.3, 0.4) is 0 Å². The van der Waals surface area contributed by atoms with Crippen molar-refractivity contribution in [1.29, 1.82) is 0 Å². The summed E-state index contributed by atoms with van der Waals surface area (Å²) in [6.07, 6.45) is 0. The maximum atomic E-state index is 4.26. The molecule has 0 fully saturated rings. The van der Waals surface area contributed by atoms with E-state index in [0.717, 1.165) is 0 Å². The van der Waals surface area contributed by atoms with Gasteiger partial charge in [-0.3, -0.25) is 0 Å². The molecular formula is H3Cl2NORu. The van der Waals surface area contributed by atoms with Crippen molar-refractivity contribution < 1.29 is 23.3 Å². The van der Waals surface area contributed by atoms with Crippen molar-refractivity contribution in [3.05, 3.63) is 0 Å². The number of hydrogen-bond donors (Lipinski definition) is 1. The van der Waals surface area contributed by atoms with Crippen molar-refractivity contribution in [2.45, 2.75) is 0 Å². The molecule has 0 aromatic heterocycles.